The molecule has 0 spiro atoms. The second-order valence-electron chi connectivity index (χ2n) is 4.16. The van der Waals surface area contributed by atoms with E-state index in [1.807, 2.05) is 6.92 Å². The van der Waals surface area contributed by atoms with Crippen LogP contribution in [0.15, 0.2) is 0 Å². The topological polar surface area (TPSA) is 41.1 Å². The van der Waals surface area contributed by atoms with Gasteiger partial charge < -0.3 is 10.6 Å². The van der Waals surface area contributed by atoms with Gasteiger partial charge in [0.2, 0.25) is 0 Å². The van der Waals surface area contributed by atoms with E-state index in [1.165, 1.54) is 12.8 Å². The highest BCUT2D eigenvalue weighted by Crippen LogP contribution is 2.09. The first kappa shape index (κ1) is 12.1. The Morgan fingerprint density at radius 3 is 2.71 bits per heavy atom. The molecule has 14 heavy (non-hydrogen) atoms. The van der Waals surface area contributed by atoms with E-state index in [0.29, 0.717) is 0 Å². The smallest absolute Gasteiger partial charge is 0.0441 e. The van der Waals surface area contributed by atoms with Crippen molar-refractivity contribution < 1.29 is 4.21 Å². The molecule has 0 radical (unpaired) electrons. The molecule has 0 aromatic rings. The molecule has 1 saturated heterocycles. The van der Waals surface area contributed by atoms with Crippen molar-refractivity contribution in [3.63, 3.8) is 0 Å². The molecule has 1 aliphatic rings. The minimum atomic E-state index is -0.692. The Balaban J connectivity index is 2.05. The molecule has 84 valence electrons. The van der Waals surface area contributed by atoms with Gasteiger partial charge in [-0.1, -0.05) is 0 Å². The zero-order chi connectivity index (χ0) is 10.4. The SMILES string of the molecule is CC(CNCC1CCNCC1)S(C)=O. The van der Waals surface area contributed by atoms with Gasteiger partial charge in [0.05, 0.1) is 0 Å². The first-order valence-electron chi connectivity index (χ1n) is 5.44. The molecule has 2 atom stereocenters. The summed E-state index contributed by atoms with van der Waals surface area (Å²) in [5.74, 6) is 0.814. The van der Waals surface area contributed by atoms with E-state index >= 15 is 0 Å². The van der Waals surface area contributed by atoms with Crippen LogP contribution in [0.3, 0.4) is 0 Å². The molecule has 0 aromatic heterocycles. The summed E-state index contributed by atoms with van der Waals surface area (Å²) in [5, 5.41) is 7.05. The lowest BCUT2D eigenvalue weighted by atomic mass is 9.98. The fraction of sp³-hybridized carbons (Fsp3) is 1.00. The molecule has 0 bridgehead atoms. The van der Waals surface area contributed by atoms with Gasteiger partial charge in [0.1, 0.15) is 0 Å². The average molecular weight is 218 g/mol. The summed E-state index contributed by atoms with van der Waals surface area (Å²) in [7, 11) is -0.692. The molecule has 1 rings (SSSR count). The molecular weight excluding hydrogens is 196 g/mol. The van der Waals surface area contributed by atoms with Crippen LogP contribution in [0.2, 0.25) is 0 Å². The molecule has 3 nitrogen and oxygen atoms in total. The normalized spacial score (nSPS) is 23.3. The number of hydrogen-bond acceptors (Lipinski definition) is 3. The van der Waals surface area contributed by atoms with E-state index in [1.54, 1.807) is 6.26 Å². The fourth-order valence-corrected chi connectivity index (χ4v) is 2.05. The van der Waals surface area contributed by atoms with Crippen molar-refractivity contribution in [3.05, 3.63) is 0 Å². The van der Waals surface area contributed by atoms with Crippen molar-refractivity contribution in [2.75, 3.05) is 32.4 Å². The Bertz CT molecular complexity index is 181. The molecule has 1 aliphatic heterocycles. The maximum atomic E-state index is 11.1. The summed E-state index contributed by atoms with van der Waals surface area (Å²) in [4.78, 5) is 0. The molecule has 0 aliphatic carbocycles. The van der Waals surface area contributed by atoms with Crippen LogP contribution in [0.5, 0.6) is 0 Å². The van der Waals surface area contributed by atoms with Gasteiger partial charge in [-0.05, 0) is 45.3 Å². The van der Waals surface area contributed by atoms with Gasteiger partial charge in [0.25, 0.3) is 0 Å². The molecule has 1 heterocycles. The second-order valence-corrected chi connectivity index (χ2v) is 5.96. The van der Waals surface area contributed by atoms with Gasteiger partial charge in [0.15, 0.2) is 0 Å². The van der Waals surface area contributed by atoms with Crippen molar-refractivity contribution in [2.45, 2.75) is 25.0 Å². The maximum Gasteiger partial charge on any atom is 0.0441 e. The summed E-state index contributed by atoms with van der Waals surface area (Å²) in [6.07, 6.45) is 4.32. The molecule has 0 amide bonds. The minimum Gasteiger partial charge on any atom is -0.317 e. The zero-order valence-corrected chi connectivity index (χ0v) is 10.0. The van der Waals surface area contributed by atoms with E-state index in [-0.39, 0.29) is 5.25 Å². The van der Waals surface area contributed by atoms with Crippen LogP contribution in [0, 0.1) is 5.92 Å². The van der Waals surface area contributed by atoms with Crippen LogP contribution in [-0.4, -0.2) is 41.9 Å². The molecule has 1 fully saturated rings. The molecule has 4 heteroatoms. The first-order chi connectivity index (χ1) is 6.70. The number of piperidine rings is 1. The molecular formula is C10H22N2OS. The summed E-state index contributed by atoms with van der Waals surface area (Å²) in [5.41, 5.74) is 0. The van der Waals surface area contributed by atoms with Gasteiger partial charge in [-0.2, -0.15) is 0 Å². The van der Waals surface area contributed by atoms with E-state index in [9.17, 15) is 4.21 Å². The highest BCUT2D eigenvalue weighted by molar-refractivity contribution is 7.84. The van der Waals surface area contributed by atoms with Crippen LogP contribution < -0.4 is 10.6 Å². The van der Waals surface area contributed by atoms with Gasteiger partial charge in [-0.25, -0.2) is 0 Å². The maximum absolute atomic E-state index is 11.1. The lowest BCUT2D eigenvalue weighted by Crippen LogP contribution is -2.36. The summed E-state index contributed by atoms with van der Waals surface area (Å²) < 4.78 is 11.1. The van der Waals surface area contributed by atoms with Crippen molar-refractivity contribution in [3.8, 4) is 0 Å². The quantitative estimate of drug-likeness (QED) is 0.699. The van der Waals surface area contributed by atoms with Crippen molar-refractivity contribution in [1.29, 1.82) is 0 Å². The van der Waals surface area contributed by atoms with E-state index < -0.39 is 10.8 Å². The van der Waals surface area contributed by atoms with Crippen LogP contribution >= 0.6 is 0 Å². The van der Waals surface area contributed by atoms with E-state index in [4.69, 9.17) is 0 Å². The second kappa shape index (κ2) is 6.53. The van der Waals surface area contributed by atoms with Crippen LogP contribution in [0.1, 0.15) is 19.8 Å². The largest absolute Gasteiger partial charge is 0.317 e. The summed E-state index contributed by atoms with van der Waals surface area (Å²) >= 11 is 0. The Kier molecular flexibility index (Phi) is 5.67. The Labute approximate surface area is 89.5 Å². The Hall–Kier alpha value is 0.0700. The van der Waals surface area contributed by atoms with Crippen LogP contribution in [0.25, 0.3) is 0 Å². The average Bonchev–Trinajstić information content (AvgIpc) is 2.19. The standard InChI is InChI=1S/C10H22N2OS/c1-9(14(2)13)7-12-8-10-3-5-11-6-4-10/h9-12H,3-8H2,1-2H3. The van der Waals surface area contributed by atoms with Gasteiger partial charge >= 0.3 is 0 Å². The lowest BCUT2D eigenvalue weighted by molar-refractivity contribution is 0.357. The van der Waals surface area contributed by atoms with E-state index in [0.717, 1.165) is 32.1 Å². The third-order valence-corrected chi connectivity index (χ3v) is 4.19. The molecule has 2 unspecified atom stereocenters. The number of rotatable bonds is 5. The number of hydrogen-bond donors (Lipinski definition) is 2. The van der Waals surface area contributed by atoms with Gasteiger partial charge in [-0.15, -0.1) is 0 Å². The summed E-state index contributed by atoms with van der Waals surface area (Å²) in [6, 6.07) is 0. The summed E-state index contributed by atoms with van der Waals surface area (Å²) in [6.45, 7) is 6.31. The van der Waals surface area contributed by atoms with Crippen LogP contribution in [0.4, 0.5) is 0 Å². The van der Waals surface area contributed by atoms with Crippen molar-refractivity contribution >= 4 is 10.8 Å². The van der Waals surface area contributed by atoms with E-state index in [2.05, 4.69) is 10.6 Å². The lowest BCUT2D eigenvalue weighted by Gasteiger charge is -2.23. The highest BCUT2D eigenvalue weighted by Gasteiger charge is 2.13. The van der Waals surface area contributed by atoms with Gasteiger partial charge in [-0.3, -0.25) is 4.21 Å². The minimum absolute atomic E-state index is 0.275. The molecule has 0 saturated carbocycles. The third-order valence-electron chi connectivity index (χ3n) is 2.89. The third kappa shape index (κ3) is 4.53. The molecule has 2 N–H and O–H groups in total. The predicted octanol–water partition coefficient (Wildman–Crippen LogP) is 0.343. The van der Waals surface area contributed by atoms with Crippen molar-refractivity contribution in [1.82, 2.24) is 10.6 Å². The monoisotopic (exact) mass is 218 g/mol. The fourth-order valence-electron chi connectivity index (χ4n) is 1.69. The van der Waals surface area contributed by atoms with Crippen LogP contribution in [-0.2, 0) is 10.8 Å². The predicted molar refractivity (Wildman–Crippen MR) is 62.0 cm³/mol. The number of nitrogens with one attached hydrogen (secondary N) is 2. The zero-order valence-electron chi connectivity index (χ0n) is 9.21. The molecule has 0 aromatic carbocycles. The van der Waals surface area contributed by atoms with Crippen molar-refractivity contribution in [2.24, 2.45) is 5.92 Å². The van der Waals surface area contributed by atoms with Gasteiger partial charge in [0, 0.05) is 28.9 Å². The Morgan fingerprint density at radius 2 is 2.14 bits per heavy atom. The Morgan fingerprint density at radius 1 is 1.50 bits per heavy atom. The highest BCUT2D eigenvalue weighted by atomic mass is 32.2. The first-order valence-corrected chi connectivity index (χ1v) is 7.06.